The first-order chi connectivity index (χ1) is 12.7. The van der Waals surface area contributed by atoms with Gasteiger partial charge in [0.1, 0.15) is 6.33 Å². The Morgan fingerprint density at radius 1 is 1.04 bits per heavy atom. The van der Waals surface area contributed by atoms with Crippen molar-refractivity contribution in [2.45, 2.75) is 0 Å². The van der Waals surface area contributed by atoms with Gasteiger partial charge in [-0.3, -0.25) is 9.36 Å². The van der Waals surface area contributed by atoms with Crippen molar-refractivity contribution in [3.63, 3.8) is 0 Å². The summed E-state index contributed by atoms with van der Waals surface area (Å²) in [7, 11) is 4.47. The van der Waals surface area contributed by atoms with Crippen molar-refractivity contribution in [1.82, 2.24) is 19.5 Å². The number of carbonyl (C=O) groups excluding carboxylic acids is 1. The van der Waals surface area contributed by atoms with Crippen LogP contribution in [0, 0.1) is 0 Å². The number of methoxy groups -OCH3 is 3. The minimum Gasteiger partial charge on any atom is -0.493 e. The fourth-order valence-electron chi connectivity index (χ4n) is 2.31. The van der Waals surface area contributed by atoms with Crippen molar-refractivity contribution in [2.75, 3.05) is 26.6 Å². The molecule has 0 unspecified atom stereocenters. The number of nitrogens with one attached hydrogen (secondary N) is 1. The first-order valence-corrected chi connectivity index (χ1v) is 7.58. The Balaban J connectivity index is 1.81. The van der Waals surface area contributed by atoms with Crippen LogP contribution in [0.3, 0.4) is 0 Å². The predicted octanol–water partition coefficient (Wildman–Crippen LogP) is 1.94. The summed E-state index contributed by atoms with van der Waals surface area (Å²) in [5.41, 5.74) is 0.797. The van der Waals surface area contributed by atoms with E-state index in [-0.39, 0.29) is 5.91 Å². The zero-order valence-electron chi connectivity index (χ0n) is 14.5. The van der Waals surface area contributed by atoms with E-state index >= 15 is 0 Å². The van der Waals surface area contributed by atoms with Gasteiger partial charge < -0.3 is 19.5 Å². The minimum absolute atomic E-state index is 0.346. The van der Waals surface area contributed by atoms with E-state index in [1.54, 1.807) is 35.4 Å². The first-order valence-electron chi connectivity index (χ1n) is 7.58. The summed E-state index contributed by atoms with van der Waals surface area (Å²) in [5.74, 6) is 1.29. The van der Waals surface area contributed by atoms with E-state index in [0.717, 1.165) is 0 Å². The maximum Gasteiger partial charge on any atom is 0.256 e. The maximum absolute atomic E-state index is 12.5. The molecule has 0 radical (unpaired) electrons. The number of benzene rings is 1. The topological polar surface area (TPSA) is 100 Å². The molecule has 134 valence electrons. The van der Waals surface area contributed by atoms with Gasteiger partial charge in [0.05, 0.1) is 39.4 Å². The van der Waals surface area contributed by atoms with Crippen LogP contribution in [0.5, 0.6) is 17.2 Å². The third-order valence-electron chi connectivity index (χ3n) is 3.56. The Hall–Kier alpha value is -3.62. The molecule has 26 heavy (non-hydrogen) atoms. The van der Waals surface area contributed by atoms with Crippen LogP contribution in [0.4, 0.5) is 5.69 Å². The van der Waals surface area contributed by atoms with Gasteiger partial charge in [-0.1, -0.05) is 0 Å². The van der Waals surface area contributed by atoms with Crippen LogP contribution in [-0.4, -0.2) is 46.8 Å². The molecule has 9 nitrogen and oxygen atoms in total. The highest BCUT2D eigenvalue weighted by Crippen LogP contribution is 2.38. The standard InChI is InChI=1S/C17H17N5O4/c1-24-13-6-11(7-14(25-2)15(13)26-3)16(23)21-12-8-19-17(20-9-12)22-5-4-18-10-22/h4-10H,1-3H3,(H,21,23). The summed E-state index contributed by atoms with van der Waals surface area (Å²) in [6.45, 7) is 0. The Kier molecular flexibility index (Phi) is 4.97. The van der Waals surface area contributed by atoms with Crippen molar-refractivity contribution in [3.05, 3.63) is 48.8 Å². The molecule has 0 saturated carbocycles. The van der Waals surface area contributed by atoms with Gasteiger partial charge in [-0.2, -0.15) is 0 Å². The van der Waals surface area contributed by atoms with E-state index in [2.05, 4.69) is 20.3 Å². The summed E-state index contributed by atoms with van der Waals surface area (Å²) < 4.78 is 17.4. The molecule has 0 spiro atoms. The third kappa shape index (κ3) is 3.41. The zero-order chi connectivity index (χ0) is 18.5. The molecule has 2 heterocycles. The largest absolute Gasteiger partial charge is 0.493 e. The van der Waals surface area contributed by atoms with Crippen molar-refractivity contribution in [3.8, 4) is 23.2 Å². The number of imidazole rings is 1. The smallest absolute Gasteiger partial charge is 0.256 e. The second-order valence-corrected chi connectivity index (χ2v) is 5.11. The number of hydrogen-bond donors (Lipinski definition) is 1. The SMILES string of the molecule is COc1cc(C(=O)Nc2cnc(-n3ccnc3)nc2)cc(OC)c1OC. The molecule has 3 rings (SSSR count). The Morgan fingerprint density at radius 3 is 2.19 bits per heavy atom. The number of hydrogen-bond acceptors (Lipinski definition) is 7. The van der Waals surface area contributed by atoms with E-state index in [9.17, 15) is 4.79 Å². The second kappa shape index (κ2) is 7.51. The number of aromatic nitrogens is 4. The summed E-state index contributed by atoms with van der Waals surface area (Å²) in [6.07, 6.45) is 7.97. The maximum atomic E-state index is 12.5. The van der Waals surface area contributed by atoms with Crippen molar-refractivity contribution in [1.29, 1.82) is 0 Å². The average molecular weight is 355 g/mol. The highest BCUT2D eigenvalue weighted by atomic mass is 16.5. The molecular weight excluding hydrogens is 338 g/mol. The number of ether oxygens (including phenoxy) is 3. The molecule has 1 N–H and O–H groups in total. The van der Waals surface area contributed by atoms with Gasteiger partial charge in [0.2, 0.25) is 11.7 Å². The van der Waals surface area contributed by atoms with Gasteiger partial charge in [-0.25, -0.2) is 15.0 Å². The van der Waals surface area contributed by atoms with E-state index in [0.29, 0.717) is 34.4 Å². The summed E-state index contributed by atoms with van der Waals surface area (Å²) in [5, 5.41) is 2.73. The van der Waals surface area contributed by atoms with E-state index in [1.165, 1.54) is 33.7 Å². The van der Waals surface area contributed by atoms with Gasteiger partial charge in [0.25, 0.3) is 5.91 Å². The quantitative estimate of drug-likeness (QED) is 0.721. The summed E-state index contributed by atoms with van der Waals surface area (Å²) in [6, 6.07) is 3.13. The number of rotatable bonds is 6. The Morgan fingerprint density at radius 2 is 1.69 bits per heavy atom. The second-order valence-electron chi connectivity index (χ2n) is 5.11. The van der Waals surface area contributed by atoms with Crippen molar-refractivity contribution in [2.24, 2.45) is 0 Å². The fourth-order valence-corrected chi connectivity index (χ4v) is 2.31. The van der Waals surface area contributed by atoms with Crippen LogP contribution >= 0.6 is 0 Å². The molecule has 0 aliphatic carbocycles. The van der Waals surface area contributed by atoms with Gasteiger partial charge in [-0.05, 0) is 12.1 Å². The monoisotopic (exact) mass is 355 g/mol. The molecule has 1 aromatic carbocycles. The first kappa shape index (κ1) is 17.2. The number of anilines is 1. The number of amides is 1. The fraction of sp³-hybridized carbons (Fsp3) is 0.176. The molecule has 0 saturated heterocycles. The molecular formula is C17H17N5O4. The molecule has 0 aliphatic heterocycles. The molecule has 0 bridgehead atoms. The van der Waals surface area contributed by atoms with E-state index in [4.69, 9.17) is 14.2 Å². The van der Waals surface area contributed by atoms with Crippen LogP contribution in [0.2, 0.25) is 0 Å². The number of carbonyl (C=O) groups is 1. The van der Waals surface area contributed by atoms with Gasteiger partial charge in [0, 0.05) is 18.0 Å². The van der Waals surface area contributed by atoms with Crippen molar-refractivity contribution < 1.29 is 19.0 Å². The lowest BCUT2D eigenvalue weighted by Gasteiger charge is -2.14. The van der Waals surface area contributed by atoms with Gasteiger partial charge in [-0.15, -0.1) is 0 Å². The van der Waals surface area contributed by atoms with E-state index in [1.807, 2.05) is 0 Å². The lowest BCUT2D eigenvalue weighted by atomic mass is 10.1. The molecule has 3 aromatic rings. The molecule has 1 amide bonds. The van der Waals surface area contributed by atoms with Crippen LogP contribution in [-0.2, 0) is 0 Å². The third-order valence-corrected chi connectivity index (χ3v) is 3.56. The Bertz CT molecular complexity index is 869. The van der Waals surface area contributed by atoms with Gasteiger partial charge in [0.15, 0.2) is 11.5 Å². The lowest BCUT2D eigenvalue weighted by molar-refractivity contribution is 0.102. The molecule has 0 fully saturated rings. The van der Waals surface area contributed by atoms with Crippen LogP contribution < -0.4 is 19.5 Å². The zero-order valence-corrected chi connectivity index (χ0v) is 14.5. The van der Waals surface area contributed by atoms with Crippen LogP contribution in [0.1, 0.15) is 10.4 Å². The van der Waals surface area contributed by atoms with Crippen molar-refractivity contribution >= 4 is 11.6 Å². The van der Waals surface area contributed by atoms with E-state index < -0.39 is 0 Å². The predicted molar refractivity (Wildman–Crippen MR) is 93.2 cm³/mol. The molecule has 0 aliphatic rings. The summed E-state index contributed by atoms with van der Waals surface area (Å²) in [4.78, 5) is 24.8. The minimum atomic E-state index is -0.358. The van der Waals surface area contributed by atoms with Crippen LogP contribution in [0.15, 0.2) is 43.2 Å². The highest BCUT2D eigenvalue weighted by molar-refractivity contribution is 6.05. The molecule has 9 heteroatoms. The number of nitrogens with zero attached hydrogens (tertiary/aromatic N) is 4. The van der Waals surface area contributed by atoms with Crippen LogP contribution in [0.25, 0.3) is 5.95 Å². The highest BCUT2D eigenvalue weighted by Gasteiger charge is 2.17. The van der Waals surface area contributed by atoms with Gasteiger partial charge >= 0.3 is 0 Å². The molecule has 2 aromatic heterocycles. The lowest BCUT2D eigenvalue weighted by Crippen LogP contribution is -2.13. The Labute approximate surface area is 149 Å². The summed E-state index contributed by atoms with van der Waals surface area (Å²) >= 11 is 0. The average Bonchev–Trinajstić information content (AvgIpc) is 3.22. The molecule has 0 atom stereocenters. The normalized spacial score (nSPS) is 10.3.